The van der Waals surface area contributed by atoms with Gasteiger partial charge in [-0.3, -0.25) is 9.89 Å². The van der Waals surface area contributed by atoms with Crippen LogP contribution < -0.4 is 9.47 Å². The predicted octanol–water partition coefficient (Wildman–Crippen LogP) is 5.17. The van der Waals surface area contributed by atoms with E-state index in [4.69, 9.17) is 9.47 Å². The first-order valence-electron chi connectivity index (χ1n) is 11.4. The van der Waals surface area contributed by atoms with Crippen LogP contribution in [0.5, 0.6) is 17.2 Å². The minimum absolute atomic E-state index is 0.0951. The molecule has 4 rings (SSSR count). The first kappa shape index (κ1) is 22.7. The maximum absolute atomic E-state index is 13.3. The molecule has 0 fully saturated rings. The number of phenols is 1. The number of hydrogen-bond acceptors (Lipinski definition) is 5. The molecule has 7 nitrogen and oxygen atoms in total. The van der Waals surface area contributed by atoms with Crippen molar-refractivity contribution in [3.05, 3.63) is 59.3 Å². The first-order valence-corrected chi connectivity index (χ1v) is 11.4. The number of benzene rings is 2. The van der Waals surface area contributed by atoms with E-state index < -0.39 is 0 Å². The number of carbonyl (C=O) groups excluding carboxylic acids is 1. The molecule has 0 spiro atoms. The number of nitrogens with one attached hydrogen (secondary N) is 1. The molecule has 1 aromatic heterocycles. The fourth-order valence-electron chi connectivity index (χ4n) is 4.27. The molecule has 2 aromatic carbocycles. The van der Waals surface area contributed by atoms with Gasteiger partial charge in [0.15, 0.2) is 11.5 Å². The van der Waals surface area contributed by atoms with Gasteiger partial charge in [-0.15, -0.1) is 0 Å². The number of carbonyl (C=O) groups is 1. The Morgan fingerprint density at radius 3 is 2.67 bits per heavy atom. The Bertz CT molecular complexity index is 1140. The molecule has 1 amide bonds. The lowest BCUT2D eigenvalue weighted by molar-refractivity contribution is 0.0743. The molecule has 174 valence electrons. The fourth-order valence-corrected chi connectivity index (χ4v) is 4.27. The van der Waals surface area contributed by atoms with Gasteiger partial charge in [0.2, 0.25) is 0 Å². The van der Waals surface area contributed by atoms with Crippen LogP contribution in [0.4, 0.5) is 0 Å². The molecule has 0 bridgehead atoms. The number of para-hydroxylation sites is 1. The zero-order chi connectivity index (χ0) is 23.5. The lowest BCUT2D eigenvalue weighted by atomic mass is 9.95. The van der Waals surface area contributed by atoms with Crippen LogP contribution in [0.1, 0.15) is 61.3 Å². The Kier molecular flexibility index (Phi) is 6.58. The number of phenolic OH excluding ortho intramolecular Hbond substituents is 1. The van der Waals surface area contributed by atoms with E-state index in [-0.39, 0.29) is 17.7 Å². The summed E-state index contributed by atoms with van der Waals surface area (Å²) in [5.41, 5.74) is 3.30. The average molecular weight is 450 g/mol. The lowest BCUT2D eigenvalue weighted by Gasteiger charge is -2.26. The van der Waals surface area contributed by atoms with Crippen molar-refractivity contribution >= 4 is 5.91 Å². The smallest absolute Gasteiger partial charge is 0.273 e. The number of nitrogens with zero attached hydrogens (tertiary/aromatic N) is 2. The van der Waals surface area contributed by atoms with Crippen molar-refractivity contribution in [2.24, 2.45) is 5.92 Å². The van der Waals surface area contributed by atoms with Gasteiger partial charge in [0.05, 0.1) is 19.8 Å². The van der Waals surface area contributed by atoms with E-state index in [2.05, 4.69) is 24.0 Å². The zero-order valence-corrected chi connectivity index (χ0v) is 19.6. The van der Waals surface area contributed by atoms with Crippen molar-refractivity contribution in [3.63, 3.8) is 0 Å². The van der Waals surface area contributed by atoms with E-state index in [1.807, 2.05) is 42.2 Å². The second-order valence-corrected chi connectivity index (χ2v) is 8.72. The van der Waals surface area contributed by atoms with E-state index in [0.29, 0.717) is 47.5 Å². The van der Waals surface area contributed by atoms with Crippen LogP contribution in [0.3, 0.4) is 0 Å². The molecule has 0 radical (unpaired) electrons. The maximum atomic E-state index is 13.3. The van der Waals surface area contributed by atoms with Crippen LogP contribution in [0, 0.1) is 5.92 Å². The Labute approximate surface area is 194 Å². The number of hydrogen-bond donors (Lipinski definition) is 2. The summed E-state index contributed by atoms with van der Waals surface area (Å²) in [4.78, 5) is 15.1. The van der Waals surface area contributed by atoms with Crippen molar-refractivity contribution < 1.29 is 19.4 Å². The molecule has 1 atom stereocenters. The summed E-state index contributed by atoms with van der Waals surface area (Å²) in [7, 11) is 1.62. The summed E-state index contributed by atoms with van der Waals surface area (Å²) in [6.07, 6.45) is 1.77. The van der Waals surface area contributed by atoms with Crippen LogP contribution in [-0.4, -0.2) is 46.4 Å². The van der Waals surface area contributed by atoms with Crippen molar-refractivity contribution in [1.29, 1.82) is 0 Å². The topological polar surface area (TPSA) is 87.7 Å². The van der Waals surface area contributed by atoms with E-state index in [1.54, 1.807) is 19.2 Å². The molecule has 0 saturated heterocycles. The number of aromatic amines is 1. The first-order chi connectivity index (χ1) is 16.0. The van der Waals surface area contributed by atoms with Crippen molar-refractivity contribution in [1.82, 2.24) is 15.1 Å². The van der Waals surface area contributed by atoms with Crippen LogP contribution >= 0.6 is 0 Å². The van der Waals surface area contributed by atoms with Gasteiger partial charge in [0, 0.05) is 17.7 Å². The zero-order valence-electron chi connectivity index (χ0n) is 19.6. The second-order valence-electron chi connectivity index (χ2n) is 8.72. The summed E-state index contributed by atoms with van der Waals surface area (Å²) >= 11 is 0. The third-order valence-electron chi connectivity index (χ3n) is 5.94. The average Bonchev–Trinajstić information content (AvgIpc) is 3.34. The highest BCUT2D eigenvalue weighted by atomic mass is 16.5. The quantitative estimate of drug-likeness (QED) is 0.470. The van der Waals surface area contributed by atoms with Gasteiger partial charge < -0.3 is 19.5 Å². The highest BCUT2D eigenvalue weighted by molar-refractivity contribution is 6.00. The van der Waals surface area contributed by atoms with E-state index in [0.717, 1.165) is 24.0 Å². The number of amides is 1. The molecule has 2 heterocycles. The Morgan fingerprint density at radius 1 is 1.18 bits per heavy atom. The molecule has 7 heteroatoms. The molecule has 3 aromatic rings. The number of methoxy groups -OCH3 is 1. The van der Waals surface area contributed by atoms with Gasteiger partial charge in [-0.05, 0) is 48.6 Å². The molecule has 33 heavy (non-hydrogen) atoms. The summed E-state index contributed by atoms with van der Waals surface area (Å²) in [5.74, 6) is 1.89. The largest absolute Gasteiger partial charge is 0.507 e. The number of aromatic hydroxyl groups is 1. The standard InChI is InChI=1S/C26H31N3O4/c1-5-13-29-25(17-10-11-20(21(15-17)32-4)33-14-12-16(2)3)22-23(27-28-24(22)26(29)31)18-8-6-7-9-19(18)30/h6-11,15-16,25,30H,5,12-14H2,1-4H3,(H,27,28)/t25-/m0/s1. The lowest BCUT2D eigenvalue weighted by Crippen LogP contribution is -2.30. The number of rotatable bonds is 9. The third-order valence-corrected chi connectivity index (χ3v) is 5.94. The van der Waals surface area contributed by atoms with Gasteiger partial charge in [0.1, 0.15) is 17.1 Å². The maximum Gasteiger partial charge on any atom is 0.273 e. The van der Waals surface area contributed by atoms with E-state index in [1.165, 1.54) is 0 Å². The van der Waals surface area contributed by atoms with Gasteiger partial charge in [-0.25, -0.2) is 0 Å². The number of H-pyrrole nitrogens is 1. The third kappa shape index (κ3) is 4.27. The number of aromatic nitrogens is 2. The molecular weight excluding hydrogens is 418 g/mol. The molecule has 0 unspecified atom stereocenters. The summed E-state index contributed by atoms with van der Waals surface area (Å²) in [6, 6.07) is 12.5. The molecule has 0 aliphatic carbocycles. The summed E-state index contributed by atoms with van der Waals surface area (Å²) in [5, 5.41) is 17.8. The fraction of sp³-hybridized carbons (Fsp3) is 0.385. The molecule has 1 aliphatic rings. The molecule has 0 saturated carbocycles. The second kappa shape index (κ2) is 9.57. The molecule has 2 N–H and O–H groups in total. The predicted molar refractivity (Wildman–Crippen MR) is 127 cm³/mol. The number of fused-ring (bicyclic) bond motifs is 1. The van der Waals surface area contributed by atoms with Crippen molar-refractivity contribution in [3.8, 4) is 28.5 Å². The highest BCUT2D eigenvalue weighted by Gasteiger charge is 2.42. The normalized spacial score (nSPS) is 15.2. The van der Waals surface area contributed by atoms with Gasteiger partial charge in [-0.1, -0.05) is 39.0 Å². The Balaban J connectivity index is 1.78. The van der Waals surface area contributed by atoms with Crippen LogP contribution in [0.15, 0.2) is 42.5 Å². The minimum Gasteiger partial charge on any atom is -0.507 e. The molecular formula is C26H31N3O4. The van der Waals surface area contributed by atoms with E-state index >= 15 is 0 Å². The van der Waals surface area contributed by atoms with Gasteiger partial charge >= 0.3 is 0 Å². The summed E-state index contributed by atoms with van der Waals surface area (Å²) in [6.45, 7) is 7.58. The minimum atomic E-state index is -0.348. The monoisotopic (exact) mass is 449 g/mol. The van der Waals surface area contributed by atoms with Crippen LogP contribution in [0.2, 0.25) is 0 Å². The van der Waals surface area contributed by atoms with Crippen molar-refractivity contribution in [2.75, 3.05) is 20.3 Å². The van der Waals surface area contributed by atoms with Crippen LogP contribution in [0.25, 0.3) is 11.3 Å². The van der Waals surface area contributed by atoms with Crippen LogP contribution in [-0.2, 0) is 0 Å². The Hall–Kier alpha value is -3.48. The Morgan fingerprint density at radius 2 is 1.97 bits per heavy atom. The van der Waals surface area contributed by atoms with Gasteiger partial charge in [-0.2, -0.15) is 5.10 Å². The SMILES string of the molecule is CCCN1C(=O)c2[nH]nc(-c3ccccc3O)c2[C@@H]1c1ccc(OCCC(C)C)c(OC)c1. The highest BCUT2D eigenvalue weighted by Crippen LogP contribution is 2.45. The van der Waals surface area contributed by atoms with Gasteiger partial charge in [0.25, 0.3) is 5.91 Å². The number of ether oxygens (including phenoxy) is 2. The van der Waals surface area contributed by atoms with Crippen molar-refractivity contribution in [2.45, 2.75) is 39.7 Å². The van der Waals surface area contributed by atoms with E-state index in [9.17, 15) is 9.90 Å². The molecule has 1 aliphatic heterocycles. The summed E-state index contributed by atoms with van der Waals surface area (Å²) < 4.78 is 11.6.